The lowest BCUT2D eigenvalue weighted by Gasteiger charge is -2.25. The molecule has 3 N–H and O–H groups in total. The Morgan fingerprint density at radius 1 is 0.750 bits per heavy atom. The van der Waals surface area contributed by atoms with E-state index in [9.17, 15) is 39.5 Å². The maximum Gasteiger partial charge on any atom is 0.490 e. The highest BCUT2D eigenvalue weighted by Gasteiger charge is 2.43. The summed E-state index contributed by atoms with van der Waals surface area (Å²) in [7, 11) is 0. The molecule has 228 valence electrons. The number of pyridine rings is 1. The fourth-order valence-electron chi connectivity index (χ4n) is 3.95. The highest BCUT2D eigenvalue weighted by molar-refractivity contribution is 5.73. The van der Waals surface area contributed by atoms with Gasteiger partial charge in [0.15, 0.2) is 0 Å². The molecule has 2 atom stereocenters. The number of rotatable bonds is 4. The number of hydrogen-bond acceptors (Lipinski definition) is 6. The maximum atomic E-state index is 10.6. The second kappa shape index (κ2) is 14.5. The Balaban J connectivity index is 0.000000319. The summed E-state index contributed by atoms with van der Waals surface area (Å²) in [6.45, 7) is 5.06. The molecule has 2 aliphatic heterocycles. The topological polar surface area (TPSA) is 131 Å². The third-order valence-corrected chi connectivity index (χ3v) is 5.83. The zero-order chi connectivity index (χ0) is 30.9. The summed E-state index contributed by atoms with van der Waals surface area (Å²) in [5, 5.41) is 21.4. The summed E-state index contributed by atoms with van der Waals surface area (Å²) in [5.74, 6) is -7.24. The van der Waals surface area contributed by atoms with E-state index < -0.39 is 36.4 Å². The first-order valence-corrected chi connectivity index (χ1v) is 11.5. The third kappa shape index (κ3) is 12.8. The first kappa shape index (κ1) is 34.9. The number of carboxylic acids is 3. The molecule has 0 bridgehead atoms. The van der Waals surface area contributed by atoms with Crippen LogP contribution in [-0.2, 0) is 20.9 Å². The van der Waals surface area contributed by atoms with Crippen molar-refractivity contribution in [3.63, 3.8) is 0 Å². The summed E-state index contributed by atoms with van der Waals surface area (Å²) in [5.41, 5.74) is 1.36. The lowest BCUT2D eigenvalue weighted by Crippen LogP contribution is -2.37. The van der Waals surface area contributed by atoms with Crippen LogP contribution in [0.3, 0.4) is 0 Å². The number of aromatic nitrogens is 1. The predicted molar refractivity (Wildman–Crippen MR) is 117 cm³/mol. The molecule has 9 nitrogen and oxygen atoms in total. The zero-order valence-electron chi connectivity index (χ0n) is 20.5. The van der Waals surface area contributed by atoms with Crippen LogP contribution in [0.2, 0.25) is 0 Å². The Morgan fingerprint density at radius 3 is 1.50 bits per heavy atom. The van der Waals surface area contributed by atoms with Crippen LogP contribution < -0.4 is 0 Å². The second-order valence-electron chi connectivity index (χ2n) is 8.89. The molecule has 18 heteroatoms. The van der Waals surface area contributed by atoms with Gasteiger partial charge in [0.25, 0.3) is 0 Å². The van der Waals surface area contributed by atoms with Gasteiger partial charge in [-0.3, -0.25) is 14.8 Å². The van der Waals surface area contributed by atoms with Gasteiger partial charge in [-0.05, 0) is 43.2 Å². The van der Waals surface area contributed by atoms with Crippen LogP contribution in [-0.4, -0.2) is 98.3 Å². The largest absolute Gasteiger partial charge is 0.490 e. The Kier molecular flexibility index (Phi) is 12.6. The van der Waals surface area contributed by atoms with E-state index in [1.165, 1.54) is 50.9 Å². The van der Waals surface area contributed by atoms with Crippen molar-refractivity contribution >= 4 is 17.9 Å². The molecule has 3 aliphatic rings. The molecule has 0 aromatic carbocycles. The number of nitrogens with zero attached hydrogens (tertiary/aromatic N) is 3. The first-order valence-electron chi connectivity index (χ1n) is 11.5. The number of hydrogen-bond donors (Lipinski definition) is 3. The van der Waals surface area contributed by atoms with Gasteiger partial charge in [0.05, 0.1) is 0 Å². The Morgan fingerprint density at radius 2 is 1.15 bits per heavy atom. The van der Waals surface area contributed by atoms with Gasteiger partial charge in [-0.1, -0.05) is 6.07 Å². The highest BCUT2D eigenvalue weighted by atomic mass is 19.4. The summed E-state index contributed by atoms with van der Waals surface area (Å²) in [4.78, 5) is 36.4. The fourth-order valence-corrected chi connectivity index (χ4v) is 3.95. The SMILES string of the molecule is O=C(O)C(F)(F)F.O=C(O)C(F)(F)F.O=C(O)C(F)(F)F.c1cncc(CN2CC[C@H]3[C@H]2CCN3CC2CC2)c1. The van der Waals surface area contributed by atoms with Crippen molar-refractivity contribution in [1.29, 1.82) is 0 Å². The number of carboxylic acid groups (broad SMARTS) is 3. The van der Waals surface area contributed by atoms with Crippen molar-refractivity contribution in [3.8, 4) is 0 Å². The van der Waals surface area contributed by atoms with Gasteiger partial charge < -0.3 is 15.3 Å². The van der Waals surface area contributed by atoms with Crippen molar-refractivity contribution in [2.24, 2.45) is 5.92 Å². The van der Waals surface area contributed by atoms with E-state index in [1.54, 1.807) is 0 Å². The average molecular weight is 599 g/mol. The Bertz CT molecular complexity index is 912. The second-order valence-corrected chi connectivity index (χ2v) is 8.89. The van der Waals surface area contributed by atoms with Gasteiger partial charge in [-0.25, -0.2) is 14.4 Å². The minimum absolute atomic E-state index is 0.805. The molecule has 3 heterocycles. The maximum absolute atomic E-state index is 10.6. The Labute approximate surface area is 221 Å². The number of fused-ring (bicyclic) bond motifs is 1. The first-order chi connectivity index (χ1) is 18.2. The Hall–Kier alpha value is -3.15. The molecule has 40 heavy (non-hydrogen) atoms. The predicted octanol–water partition coefficient (Wildman–Crippen LogP) is 4.04. The van der Waals surface area contributed by atoms with Crippen LogP contribution >= 0.6 is 0 Å². The molecule has 1 aromatic heterocycles. The van der Waals surface area contributed by atoms with E-state index in [2.05, 4.69) is 26.9 Å². The van der Waals surface area contributed by atoms with Crippen LogP contribution in [0, 0.1) is 5.92 Å². The lowest BCUT2D eigenvalue weighted by molar-refractivity contribution is -0.193. The van der Waals surface area contributed by atoms with Crippen LogP contribution in [0.25, 0.3) is 0 Å². The van der Waals surface area contributed by atoms with Crippen molar-refractivity contribution in [2.45, 2.75) is 62.8 Å². The van der Waals surface area contributed by atoms with Gasteiger partial charge in [0.1, 0.15) is 0 Å². The van der Waals surface area contributed by atoms with Crippen molar-refractivity contribution in [3.05, 3.63) is 30.1 Å². The van der Waals surface area contributed by atoms with E-state index in [1.807, 2.05) is 12.4 Å². The number of aliphatic carboxylic acids is 3. The number of likely N-dealkylation sites (tertiary alicyclic amines) is 2. The molecule has 0 spiro atoms. The average Bonchev–Trinajstić information content (AvgIpc) is 3.42. The number of carbonyl (C=O) groups is 3. The summed E-state index contributed by atoms with van der Waals surface area (Å²) in [6, 6.07) is 5.91. The van der Waals surface area contributed by atoms with Crippen molar-refractivity contribution in [2.75, 3.05) is 19.6 Å². The summed E-state index contributed by atoms with van der Waals surface area (Å²) >= 11 is 0. The molecular formula is C22H26F9N3O6. The van der Waals surface area contributed by atoms with E-state index in [0.29, 0.717) is 0 Å². The summed E-state index contributed by atoms with van der Waals surface area (Å²) < 4.78 is 95.2. The molecule has 4 rings (SSSR count). The molecule has 1 saturated carbocycles. The van der Waals surface area contributed by atoms with Gasteiger partial charge in [-0.2, -0.15) is 39.5 Å². The lowest BCUT2D eigenvalue weighted by atomic mass is 10.1. The fraction of sp³-hybridized carbons (Fsp3) is 0.636. The minimum Gasteiger partial charge on any atom is -0.475 e. The smallest absolute Gasteiger partial charge is 0.475 e. The quantitative estimate of drug-likeness (QED) is 0.439. The molecule has 0 unspecified atom stereocenters. The molecular weight excluding hydrogens is 573 g/mol. The molecule has 3 fully saturated rings. The van der Waals surface area contributed by atoms with Crippen LogP contribution in [0.15, 0.2) is 24.5 Å². The van der Waals surface area contributed by atoms with E-state index >= 15 is 0 Å². The molecule has 1 aliphatic carbocycles. The minimum atomic E-state index is -5.08. The van der Waals surface area contributed by atoms with E-state index in [-0.39, 0.29) is 0 Å². The highest BCUT2D eigenvalue weighted by Crippen LogP contribution is 2.37. The van der Waals surface area contributed by atoms with Crippen LogP contribution in [0.5, 0.6) is 0 Å². The van der Waals surface area contributed by atoms with Crippen LogP contribution in [0.1, 0.15) is 31.2 Å². The van der Waals surface area contributed by atoms with Gasteiger partial charge in [0.2, 0.25) is 0 Å². The van der Waals surface area contributed by atoms with E-state index in [4.69, 9.17) is 29.7 Å². The third-order valence-electron chi connectivity index (χ3n) is 5.83. The molecule has 0 radical (unpaired) electrons. The molecule has 0 amide bonds. The number of alkyl halides is 9. The van der Waals surface area contributed by atoms with Gasteiger partial charge in [-0.15, -0.1) is 0 Å². The van der Waals surface area contributed by atoms with Gasteiger partial charge in [0, 0.05) is 50.7 Å². The van der Waals surface area contributed by atoms with Gasteiger partial charge >= 0.3 is 36.4 Å². The molecule has 2 saturated heterocycles. The standard InChI is InChI=1S/C16H23N3.3C2HF3O2/c1-2-14(10-17-7-1)12-19-9-6-15-16(19)5-8-18(15)11-13-3-4-13;3*3-2(4,5)1(6)7/h1-2,7,10,13,15-16H,3-6,8-9,11-12H2;3*(H,6,7)/t15-,16+;;;/m0.../s1. The van der Waals surface area contributed by atoms with E-state index in [0.717, 1.165) is 24.5 Å². The van der Waals surface area contributed by atoms with Crippen molar-refractivity contribution in [1.82, 2.24) is 14.8 Å². The molecule has 1 aromatic rings. The zero-order valence-corrected chi connectivity index (χ0v) is 20.5. The van der Waals surface area contributed by atoms with Crippen molar-refractivity contribution < 1.29 is 69.2 Å². The normalized spacial score (nSPS) is 21.0. The number of halogens is 9. The monoisotopic (exact) mass is 599 g/mol. The summed E-state index contributed by atoms with van der Waals surface area (Å²) in [6.07, 6.45) is -5.66. The van der Waals surface area contributed by atoms with Crippen LogP contribution in [0.4, 0.5) is 39.5 Å².